The topological polar surface area (TPSA) is 111 Å². The van der Waals surface area contributed by atoms with Gasteiger partial charge in [-0.3, -0.25) is 4.79 Å². The Morgan fingerprint density at radius 3 is 2.41 bits per heavy atom. The van der Waals surface area contributed by atoms with E-state index >= 15 is 0 Å². The third-order valence-corrected chi connectivity index (χ3v) is 5.44. The van der Waals surface area contributed by atoms with Gasteiger partial charge in [0.2, 0.25) is 0 Å². The Morgan fingerprint density at radius 1 is 1.12 bits per heavy atom. The van der Waals surface area contributed by atoms with Gasteiger partial charge in [-0.05, 0) is 32.9 Å². The number of fused-ring (bicyclic) bond motifs is 1. The van der Waals surface area contributed by atoms with Gasteiger partial charge in [0.05, 0.1) is 16.4 Å². The number of hydrogen-bond donors (Lipinski definition) is 3. The van der Waals surface area contributed by atoms with Crippen molar-refractivity contribution in [2.75, 3.05) is 19.3 Å². The molecule has 0 radical (unpaired) electrons. The molecule has 176 valence electrons. The van der Waals surface area contributed by atoms with Crippen molar-refractivity contribution in [1.29, 1.82) is 0 Å². The maximum atomic E-state index is 10.9. The fourth-order valence-electron chi connectivity index (χ4n) is 3.41. The summed E-state index contributed by atoms with van der Waals surface area (Å²) < 4.78 is 1.89. The molecule has 4 rings (SSSR count). The molecular weight excluding hydrogens is 446 g/mol. The second-order valence-electron chi connectivity index (χ2n) is 8.34. The quantitative estimate of drug-likeness (QED) is 0.365. The zero-order chi connectivity index (χ0) is 24.7. The molecule has 9 heteroatoms. The van der Waals surface area contributed by atoms with E-state index in [1.54, 1.807) is 19.2 Å². The lowest BCUT2D eigenvalue weighted by Gasteiger charge is -2.25. The summed E-state index contributed by atoms with van der Waals surface area (Å²) >= 11 is 4.87. The van der Waals surface area contributed by atoms with Crippen LogP contribution in [0, 0.1) is 6.92 Å². The molecule has 0 aliphatic rings. The molecule has 2 aromatic carbocycles. The Hall–Kier alpha value is -3.85. The average Bonchev–Trinajstić information content (AvgIpc) is 3.26. The van der Waals surface area contributed by atoms with Crippen LogP contribution in [0.15, 0.2) is 60.9 Å². The fraction of sp³-hybridized carbons (Fsp3) is 0.240. The number of carbonyl (C=O) groups is 1. The highest BCUT2D eigenvalue weighted by Gasteiger charge is 2.27. The lowest BCUT2D eigenvalue weighted by Crippen LogP contribution is -2.38. The summed E-state index contributed by atoms with van der Waals surface area (Å²) in [7, 11) is 1.62. The van der Waals surface area contributed by atoms with Crippen molar-refractivity contribution >= 4 is 40.5 Å². The van der Waals surface area contributed by atoms with E-state index in [2.05, 4.69) is 53.5 Å². The lowest BCUT2D eigenvalue weighted by atomic mass is 10.1. The maximum absolute atomic E-state index is 10.9. The monoisotopic (exact) mass is 475 g/mol. The molecule has 0 saturated carbocycles. The van der Waals surface area contributed by atoms with Gasteiger partial charge in [-0.1, -0.05) is 60.2 Å². The van der Waals surface area contributed by atoms with Crippen LogP contribution in [-0.4, -0.2) is 44.7 Å². The van der Waals surface area contributed by atoms with Crippen molar-refractivity contribution in [3.63, 3.8) is 0 Å². The molecule has 1 amide bonds. The molecular formula is C25H29N7OS. The molecule has 2 aromatic heterocycles. The highest BCUT2D eigenvalue weighted by atomic mass is 32.1. The SMILES string of the molecule is CNC(=O)c1ccccc1.Cc1ccc(-c2nn(C(C)(C)CNC=S)c3ncnc(N)c23)cc1. The normalized spacial score (nSPS) is 10.8. The van der Waals surface area contributed by atoms with Crippen LogP contribution in [0.25, 0.3) is 22.3 Å². The molecule has 0 aliphatic carbocycles. The van der Waals surface area contributed by atoms with Crippen LogP contribution in [0.4, 0.5) is 5.82 Å². The van der Waals surface area contributed by atoms with E-state index < -0.39 is 0 Å². The van der Waals surface area contributed by atoms with Gasteiger partial charge < -0.3 is 16.4 Å². The molecule has 4 aromatic rings. The molecule has 0 fully saturated rings. The van der Waals surface area contributed by atoms with Gasteiger partial charge in [0, 0.05) is 24.7 Å². The molecule has 2 heterocycles. The average molecular weight is 476 g/mol. The van der Waals surface area contributed by atoms with Crippen molar-refractivity contribution in [2.24, 2.45) is 0 Å². The minimum atomic E-state index is -0.336. The predicted molar refractivity (Wildman–Crippen MR) is 141 cm³/mol. The van der Waals surface area contributed by atoms with Crippen molar-refractivity contribution in [1.82, 2.24) is 30.4 Å². The summed E-state index contributed by atoms with van der Waals surface area (Å²) in [6.45, 7) is 6.83. The number of benzene rings is 2. The molecule has 8 nitrogen and oxygen atoms in total. The number of nitrogens with zero attached hydrogens (tertiary/aromatic N) is 4. The van der Waals surface area contributed by atoms with E-state index in [1.807, 2.05) is 35.0 Å². The number of hydrogen-bond acceptors (Lipinski definition) is 6. The number of anilines is 1. The van der Waals surface area contributed by atoms with Gasteiger partial charge in [0.15, 0.2) is 5.65 Å². The van der Waals surface area contributed by atoms with Gasteiger partial charge in [0.1, 0.15) is 17.8 Å². The minimum Gasteiger partial charge on any atom is -0.383 e. The number of nitrogens with two attached hydrogens (primary N) is 1. The van der Waals surface area contributed by atoms with Crippen molar-refractivity contribution < 1.29 is 4.79 Å². The highest BCUT2D eigenvalue weighted by molar-refractivity contribution is 7.78. The number of aryl methyl sites for hydroxylation is 1. The first-order valence-corrected chi connectivity index (χ1v) is 11.3. The second-order valence-corrected chi connectivity index (χ2v) is 8.58. The van der Waals surface area contributed by atoms with E-state index in [0.717, 1.165) is 16.6 Å². The van der Waals surface area contributed by atoms with E-state index in [1.165, 1.54) is 17.4 Å². The Bertz CT molecular complexity index is 1270. The summed E-state index contributed by atoms with van der Waals surface area (Å²) in [6, 6.07) is 17.3. The van der Waals surface area contributed by atoms with E-state index in [0.29, 0.717) is 23.6 Å². The molecule has 0 aliphatic heterocycles. The number of aromatic nitrogens is 4. The molecule has 0 bridgehead atoms. The second kappa shape index (κ2) is 10.8. The predicted octanol–water partition coefficient (Wildman–Crippen LogP) is 3.71. The zero-order valence-electron chi connectivity index (χ0n) is 19.7. The van der Waals surface area contributed by atoms with Crippen LogP contribution in [-0.2, 0) is 5.54 Å². The Labute approximate surface area is 204 Å². The van der Waals surface area contributed by atoms with Crippen molar-refractivity contribution in [3.05, 3.63) is 72.1 Å². The summed E-state index contributed by atoms with van der Waals surface area (Å²) in [5.74, 6) is 0.390. The van der Waals surface area contributed by atoms with Crippen LogP contribution in [0.1, 0.15) is 29.8 Å². The summed E-state index contributed by atoms with van der Waals surface area (Å²) in [4.78, 5) is 19.5. The molecule has 0 atom stereocenters. The first-order chi connectivity index (χ1) is 16.3. The smallest absolute Gasteiger partial charge is 0.251 e. The third-order valence-electron chi connectivity index (χ3n) is 5.27. The van der Waals surface area contributed by atoms with E-state index in [9.17, 15) is 4.79 Å². The van der Waals surface area contributed by atoms with Crippen LogP contribution in [0.3, 0.4) is 0 Å². The summed E-state index contributed by atoms with van der Waals surface area (Å²) in [5, 5.41) is 11.2. The van der Waals surface area contributed by atoms with Gasteiger partial charge in [-0.25, -0.2) is 14.6 Å². The lowest BCUT2D eigenvalue weighted by molar-refractivity contribution is 0.0963. The summed E-state index contributed by atoms with van der Waals surface area (Å²) in [6.07, 6.45) is 1.47. The minimum absolute atomic E-state index is 0.0411. The number of amides is 1. The largest absolute Gasteiger partial charge is 0.383 e. The number of carbonyl (C=O) groups excluding carboxylic acids is 1. The fourth-order valence-corrected chi connectivity index (χ4v) is 3.49. The molecule has 0 saturated heterocycles. The van der Waals surface area contributed by atoms with Crippen molar-refractivity contribution in [3.8, 4) is 11.3 Å². The van der Waals surface area contributed by atoms with Crippen LogP contribution >= 0.6 is 12.2 Å². The number of rotatable bonds is 6. The maximum Gasteiger partial charge on any atom is 0.251 e. The van der Waals surface area contributed by atoms with Gasteiger partial charge in [-0.2, -0.15) is 5.10 Å². The van der Waals surface area contributed by atoms with Gasteiger partial charge >= 0.3 is 0 Å². The third kappa shape index (κ3) is 5.55. The highest BCUT2D eigenvalue weighted by Crippen LogP contribution is 2.32. The zero-order valence-corrected chi connectivity index (χ0v) is 20.6. The Morgan fingerprint density at radius 2 is 1.79 bits per heavy atom. The Kier molecular flexibility index (Phi) is 7.91. The first kappa shape index (κ1) is 24.8. The molecule has 0 unspecified atom stereocenters. The number of nitrogens with one attached hydrogen (secondary N) is 2. The molecule has 0 spiro atoms. The van der Waals surface area contributed by atoms with Crippen molar-refractivity contribution in [2.45, 2.75) is 26.3 Å². The molecule has 4 N–H and O–H groups in total. The van der Waals surface area contributed by atoms with Crippen LogP contribution in [0.5, 0.6) is 0 Å². The standard InChI is InChI=1S/C17H20N6S.C8H9NO/c1-11-4-6-12(7-5-11)14-13-15(18)20-9-21-16(13)23(22-14)17(2,3)8-19-10-24;1-9-8(10)7-5-3-2-4-6-7/h4-7,9-10H,8H2,1-3H3,(H,19,24)(H2,18,20,21);2-6H,1H3,(H,9,10). The number of nitrogen functional groups attached to an aromatic ring is 1. The van der Waals surface area contributed by atoms with Gasteiger partial charge in [-0.15, -0.1) is 0 Å². The first-order valence-electron chi connectivity index (χ1n) is 10.8. The van der Waals surface area contributed by atoms with Gasteiger partial charge in [0.25, 0.3) is 5.91 Å². The van der Waals surface area contributed by atoms with E-state index in [4.69, 9.17) is 23.1 Å². The van der Waals surface area contributed by atoms with Crippen LogP contribution in [0.2, 0.25) is 0 Å². The van der Waals surface area contributed by atoms with Crippen LogP contribution < -0.4 is 16.4 Å². The number of thiocarbonyl (C=S) groups is 1. The summed E-state index contributed by atoms with van der Waals surface area (Å²) in [5.41, 5.74) is 11.7. The molecule has 34 heavy (non-hydrogen) atoms. The van der Waals surface area contributed by atoms with E-state index in [-0.39, 0.29) is 11.4 Å². The Balaban J connectivity index is 0.000000271.